The Morgan fingerprint density at radius 1 is 0.387 bits per heavy atom. The first-order chi connectivity index (χ1) is 15.3. The van der Waals surface area contributed by atoms with Gasteiger partial charge < -0.3 is 11.8 Å². The molecule has 0 aliphatic carbocycles. The third kappa shape index (κ3) is 6.92. The highest BCUT2D eigenvalue weighted by Crippen LogP contribution is 2.68. The van der Waals surface area contributed by atoms with Crippen LogP contribution < -0.4 is 0 Å². The lowest BCUT2D eigenvalue weighted by molar-refractivity contribution is 1.17. The van der Waals surface area contributed by atoms with Crippen LogP contribution in [0.1, 0.15) is 22.3 Å². The van der Waals surface area contributed by atoms with Gasteiger partial charge in [-0.3, -0.25) is 0 Å². The lowest BCUT2D eigenvalue weighted by atomic mass is 10.2. The van der Waals surface area contributed by atoms with E-state index in [9.17, 15) is 0 Å². The summed E-state index contributed by atoms with van der Waals surface area (Å²) in [4.78, 5) is 0. The van der Waals surface area contributed by atoms with Crippen LogP contribution in [0.4, 0.5) is 0 Å². The molecule has 4 rings (SSSR count). The van der Waals surface area contributed by atoms with Crippen LogP contribution in [0.3, 0.4) is 0 Å². The summed E-state index contributed by atoms with van der Waals surface area (Å²) in [6.45, 7) is 4.75. The molecule has 2 heteroatoms. The molecular weight excluding hydrogens is 393 g/mol. The molecule has 0 aromatic heterocycles. The molecule has 0 fully saturated rings. The highest BCUT2D eigenvalue weighted by atomic mass is 31.2. The molecule has 1 nitrogen and oxygen atoms in total. The zero-order valence-electron chi connectivity index (χ0n) is 17.8. The van der Waals surface area contributed by atoms with Crippen LogP contribution in [0.5, 0.6) is 0 Å². The summed E-state index contributed by atoms with van der Waals surface area (Å²) < 4.78 is 0. The Hall–Kier alpha value is -3.20. The molecule has 0 amide bonds. The molecule has 0 aliphatic rings. The minimum Gasteiger partial charge on any atom is -0.512 e. The third-order valence-corrected chi connectivity index (χ3v) is 9.59. The van der Waals surface area contributed by atoms with Crippen LogP contribution in [0.2, 0.25) is 0 Å². The highest BCUT2D eigenvalue weighted by Gasteiger charge is 2.38. The fraction of sp³-hybridized carbons (Fsp3) is 0.138. The van der Waals surface area contributed by atoms with Crippen LogP contribution in [-0.2, 0) is 24.6 Å². The van der Waals surface area contributed by atoms with E-state index in [-0.39, 0.29) is 0 Å². The van der Waals surface area contributed by atoms with Crippen molar-refractivity contribution in [2.24, 2.45) is 0 Å². The van der Waals surface area contributed by atoms with Gasteiger partial charge in [0.25, 0.3) is 0 Å². The van der Waals surface area contributed by atoms with E-state index in [1.807, 2.05) is 0 Å². The fourth-order valence-electron chi connectivity index (χ4n) is 4.22. The number of nitrogens with zero attached hydrogens (tertiary/aromatic N) is 1. The maximum Gasteiger partial charge on any atom is 0.0852 e. The zero-order valence-corrected chi connectivity index (χ0v) is 18.7. The van der Waals surface area contributed by atoms with Crippen molar-refractivity contribution in [2.45, 2.75) is 24.6 Å². The van der Waals surface area contributed by atoms with E-state index >= 15 is 0 Å². The molecule has 0 heterocycles. The van der Waals surface area contributed by atoms with Gasteiger partial charge in [0.05, 0.1) is 24.6 Å². The Morgan fingerprint density at radius 3 is 0.774 bits per heavy atom. The third-order valence-electron chi connectivity index (χ3n) is 5.44. The van der Waals surface area contributed by atoms with Gasteiger partial charge in [0.15, 0.2) is 0 Å². The Kier molecular flexibility index (Phi) is 8.59. The molecular formula is C29H28NP. The predicted molar refractivity (Wildman–Crippen MR) is 132 cm³/mol. The molecule has 4 aromatic rings. The highest BCUT2D eigenvalue weighted by molar-refractivity contribution is 7.72. The Balaban J connectivity index is 0.00000132. The standard InChI is InChI=1S/C28H28P.CN/c1-5-13-25(14-6-1)21-29(22-26-15-7-2-8-16-26,23-27-17-9-3-10-18-27)24-28-19-11-4-12-20-28;1-2/h1-20H,21-24H2;/q+1;-1. The van der Waals surface area contributed by atoms with Gasteiger partial charge in [-0.2, -0.15) is 0 Å². The molecule has 0 bridgehead atoms. The van der Waals surface area contributed by atoms with Crippen molar-refractivity contribution in [1.29, 1.82) is 5.26 Å². The number of rotatable bonds is 8. The Morgan fingerprint density at radius 2 is 0.581 bits per heavy atom. The van der Waals surface area contributed by atoms with E-state index in [0.717, 1.165) is 0 Å². The second-order valence-corrected chi connectivity index (χ2v) is 11.9. The summed E-state index contributed by atoms with van der Waals surface area (Å²) in [5.74, 6) is 0. The molecule has 0 saturated carbocycles. The topological polar surface area (TPSA) is 23.8 Å². The predicted octanol–water partition coefficient (Wildman–Crippen LogP) is 7.90. The van der Waals surface area contributed by atoms with Gasteiger partial charge in [0.2, 0.25) is 0 Å². The fourth-order valence-corrected chi connectivity index (χ4v) is 8.83. The maximum absolute atomic E-state index is 6.25. The van der Waals surface area contributed by atoms with Crippen molar-refractivity contribution in [3.05, 3.63) is 150 Å². The molecule has 0 N–H and O–H groups in total. The Bertz CT molecular complexity index is 857. The van der Waals surface area contributed by atoms with Crippen molar-refractivity contribution >= 4 is 7.26 Å². The van der Waals surface area contributed by atoms with Gasteiger partial charge in [-0.05, 0) is 22.3 Å². The van der Waals surface area contributed by atoms with E-state index in [2.05, 4.69) is 121 Å². The van der Waals surface area contributed by atoms with Crippen LogP contribution in [-0.4, -0.2) is 0 Å². The second kappa shape index (κ2) is 11.8. The smallest absolute Gasteiger partial charge is 0.0852 e. The van der Waals surface area contributed by atoms with E-state index < -0.39 is 7.26 Å². The van der Waals surface area contributed by atoms with Crippen LogP contribution in [0, 0.1) is 11.8 Å². The summed E-state index contributed by atoms with van der Waals surface area (Å²) in [5.41, 5.74) is 5.85. The molecule has 154 valence electrons. The van der Waals surface area contributed by atoms with Crippen LogP contribution in [0.25, 0.3) is 0 Å². The SMILES string of the molecule is [C-]#N.c1ccc(C[P+](Cc2ccccc2)(Cc2ccccc2)Cc2ccccc2)cc1. The molecule has 0 saturated heterocycles. The number of hydrogen-bond acceptors (Lipinski definition) is 1. The zero-order chi connectivity index (χ0) is 21.8. The van der Waals surface area contributed by atoms with Crippen molar-refractivity contribution < 1.29 is 0 Å². The average Bonchev–Trinajstić information content (AvgIpc) is 2.83. The minimum atomic E-state index is -1.38. The van der Waals surface area contributed by atoms with Crippen molar-refractivity contribution in [1.82, 2.24) is 0 Å². The minimum absolute atomic E-state index is 1.17. The van der Waals surface area contributed by atoms with Crippen molar-refractivity contribution in [2.75, 3.05) is 0 Å². The molecule has 4 aromatic carbocycles. The van der Waals surface area contributed by atoms with E-state index in [0.29, 0.717) is 0 Å². The summed E-state index contributed by atoms with van der Waals surface area (Å²) in [6, 6.07) is 44.3. The van der Waals surface area contributed by atoms with E-state index in [4.69, 9.17) is 11.8 Å². The monoisotopic (exact) mass is 421 g/mol. The van der Waals surface area contributed by atoms with Gasteiger partial charge in [0, 0.05) is 7.26 Å². The molecule has 0 aliphatic heterocycles. The second-order valence-electron chi connectivity index (χ2n) is 7.92. The lowest BCUT2D eigenvalue weighted by Crippen LogP contribution is -2.08. The summed E-state index contributed by atoms with van der Waals surface area (Å²) in [7, 11) is -1.38. The first-order valence-corrected chi connectivity index (χ1v) is 13.1. The van der Waals surface area contributed by atoms with Crippen LogP contribution in [0.15, 0.2) is 121 Å². The average molecular weight is 422 g/mol. The van der Waals surface area contributed by atoms with Gasteiger partial charge >= 0.3 is 0 Å². The maximum atomic E-state index is 6.25. The van der Waals surface area contributed by atoms with Crippen molar-refractivity contribution in [3.8, 4) is 0 Å². The van der Waals surface area contributed by atoms with E-state index in [1.54, 1.807) is 0 Å². The molecule has 31 heavy (non-hydrogen) atoms. The molecule has 0 radical (unpaired) electrons. The van der Waals surface area contributed by atoms with Crippen LogP contribution >= 0.6 is 7.26 Å². The largest absolute Gasteiger partial charge is 0.512 e. The first-order valence-electron chi connectivity index (χ1n) is 10.5. The molecule has 0 spiro atoms. The van der Waals surface area contributed by atoms with E-state index in [1.165, 1.54) is 46.9 Å². The summed E-state index contributed by atoms with van der Waals surface area (Å²) in [6.07, 6.45) is 4.69. The number of hydrogen-bond donors (Lipinski definition) is 0. The Labute approximate surface area is 187 Å². The van der Waals surface area contributed by atoms with Crippen molar-refractivity contribution in [3.63, 3.8) is 0 Å². The van der Waals surface area contributed by atoms with Gasteiger partial charge in [0.1, 0.15) is 0 Å². The number of benzene rings is 4. The molecule has 0 atom stereocenters. The normalized spacial score (nSPS) is 10.6. The summed E-state index contributed by atoms with van der Waals surface area (Å²) >= 11 is 0. The lowest BCUT2D eigenvalue weighted by Gasteiger charge is -2.29. The first kappa shape index (κ1) is 22.5. The van der Waals surface area contributed by atoms with Gasteiger partial charge in [-0.15, -0.1) is 0 Å². The molecule has 0 unspecified atom stereocenters. The summed E-state index contributed by atoms with van der Waals surface area (Å²) in [5, 5.41) is 6.25. The quantitative estimate of drug-likeness (QED) is 0.209. The van der Waals surface area contributed by atoms with Gasteiger partial charge in [-0.25, -0.2) is 0 Å². The van der Waals surface area contributed by atoms with Gasteiger partial charge in [-0.1, -0.05) is 121 Å².